The third kappa shape index (κ3) is 3.57. The Bertz CT molecular complexity index is 613. The molecular weight excluding hydrogens is 270 g/mol. The maximum Gasteiger partial charge on any atom is 0.159 e. The Kier molecular flexibility index (Phi) is 4.39. The first-order valence-electron chi connectivity index (χ1n) is 6.02. The van der Waals surface area contributed by atoms with Gasteiger partial charge in [0.2, 0.25) is 0 Å². The summed E-state index contributed by atoms with van der Waals surface area (Å²) >= 11 is 0. The van der Waals surface area contributed by atoms with Gasteiger partial charge in [-0.05, 0) is 30.8 Å². The van der Waals surface area contributed by atoms with Gasteiger partial charge in [0.15, 0.2) is 11.6 Å². The number of hydrogen-bond acceptors (Lipinski definition) is 1. The zero-order valence-electron chi connectivity index (χ0n) is 10.8. The Hall–Kier alpha value is -1.88. The van der Waals surface area contributed by atoms with Gasteiger partial charge in [0, 0.05) is 24.7 Å². The predicted molar refractivity (Wildman–Crippen MR) is 67.9 cm³/mol. The molecule has 0 atom stereocenters. The van der Waals surface area contributed by atoms with Gasteiger partial charge in [-0.1, -0.05) is 12.1 Å². The van der Waals surface area contributed by atoms with Crippen molar-refractivity contribution in [1.82, 2.24) is 4.90 Å². The maximum atomic E-state index is 13.5. The van der Waals surface area contributed by atoms with Crippen LogP contribution in [-0.4, -0.2) is 11.9 Å². The highest BCUT2D eigenvalue weighted by Gasteiger charge is 2.09. The molecule has 0 heterocycles. The average molecular weight is 283 g/mol. The minimum absolute atomic E-state index is 0.241. The van der Waals surface area contributed by atoms with Crippen LogP contribution in [0, 0.1) is 23.3 Å². The van der Waals surface area contributed by atoms with Crippen LogP contribution >= 0.6 is 0 Å². The van der Waals surface area contributed by atoms with Crippen LogP contribution < -0.4 is 0 Å². The van der Waals surface area contributed by atoms with Crippen molar-refractivity contribution in [3.63, 3.8) is 0 Å². The van der Waals surface area contributed by atoms with Crippen LogP contribution in [0.2, 0.25) is 0 Å². The van der Waals surface area contributed by atoms with Crippen LogP contribution in [0.3, 0.4) is 0 Å². The second kappa shape index (κ2) is 6.05. The monoisotopic (exact) mass is 283 g/mol. The summed E-state index contributed by atoms with van der Waals surface area (Å²) in [5, 5.41) is 0. The van der Waals surface area contributed by atoms with Crippen molar-refractivity contribution in [2.24, 2.45) is 0 Å². The van der Waals surface area contributed by atoms with Gasteiger partial charge in [-0.3, -0.25) is 4.90 Å². The molecule has 0 unspecified atom stereocenters. The molecule has 0 bridgehead atoms. The summed E-state index contributed by atoms with van der Waals surface area (Å²) in [6, 6.07) is 7.00. The standard InChI is InChI=1S/C15H13F4N/c1-20(8-10-2-5-13(17)15(19)6-10)9-11-3-4-12(16)7-14(11)18/h2-7H,8-9H2,1H3. The third-order valence-electron chi connectivity index (χ3n) is 2.89. The Morgan fingerprint density at radius 1 is 0.800 bits per heavy atom. The summed E-state index contributed by atoms with van der Waals surface area (Å²) in [6.45, 7) is 0.569. The lowest BCUT2D eigenvalue weighted by Gasteiger charge is -2.17. The van der Waals surface area contributed by atoms with E-state index in [-0.39, 0.29) is 6.54 Å². The van der Waals surface area contributed by atoms with Gasteiger partial charge in [-0.25, -0.2) is 17.6 Å². The quantitative estimate of drug-likeness (QED) is 0.770. The Balaban J connectivity index is 2.04. The van der Waals surface area contributed by atoms with E-state index in [4.69, 9.17) is 0 Å². The smallest absolute Gasteiger partial charge is 0.159 e. The molecule has 0 fully saturated rings. The molecule has 2 aromatic rings. The zero-order chi connectivity index (χ0) is 14.7. The maximum absolute atomic E-state index is 13.5. The molecule has 0 saturated carbocycles. The summed E-state index contributed by atoms with van der Waals surface area (Å²) in [4.78, 5) is 1.73. The number of hydrogen-bond donors (Lipinski definition) is 0. The summed E-state index contributed by atoms with van der Waals surface area (Å²) < 4.78 is 52.1. The fourth-order valence-electron chi connectivity index (χ4n) is 1.95. The normalized spacial score (nSPS) is 11.1. The van der Waals surface area contributed by atoms with Gasteiger partial charge >= 0.3 is 0 Å². The first kappa shape index (κ1) is 14.5. The van der Waals surface area contributed by atoms with E-state index in [1.807, 2.05) is 0 Å². The van der Waals surface area contributed by atoms with Crippen LogP contribution in [0.15, 0.2) is 36.4 Å². The molecular formula is C15H13F4N. The average Bonchev–Trinajstić information content (AvgIpc) is 2.37. The van der Waals surface area contributed by atoms with Crippen molar-refractivity contribution in [2.45, 2.75) is 13.1 Å². The van der Waals surface area contributed by atoms with Crippen molar-refractivity contribution in [3.05, 3.63) is 70.8 Å². The molecule has 0 N–H and O–H groups in total. The number of benzene rings is 2. The van der Waals surface area contributed by atoms with Crippen molar-refractivity contribution in [2.75, 3.05) is 7.05 Å². The zero-order valence-corrected chi connectivity index (χ0v) is 10.8. The lowest BCUT2D eigenvalue weighted by molar-refractivity contribution is 0.312. The topological polar surface area (TPSA) is 3.24 Å². The van der Waals surface area contributed by atoms with Crippen molar-refractivity contribution in [3.8, 4) is 0 Å². The fourth-order valence-corrected chi connectivity index (χ4v) is 1.95. The van der Waals surface area contributed by atoms with Crippen LogP contribution in [-0.2, 0) is 13.1 Å². The minimum atomic E-state index is -0.913. The van der Waals surface area contributed by atoms with Gasteiger partial charge < -0.3 is 0 Å². The van der Waals surface area contributed by atoms with Crippen molar-refractivity contribution < 1.29 is 17.6 Å². The van der Waals surface area contributed by atoms with Crippen LogP contribution in [0.25, 0.3) is 0 Å². The van der Waals surface area contributed by atoms with E-state index >= 15 is 0 Å². The van der Waals surface area contributed by atoms with Crippen LogP contribution in [0.5, 0.6) is 0 Å². The SMILES string of the molecule is CN(Cc1ccc(F)c(F)c1)Cc1ccc(F)cc1F. The first-order valence-corrected chi connectivity index (χ1v) is 6.02. The largest absolute Gasteiger partial charge is 0.298 e. The first-order chi connectivity index (χ1) is 9.45. The number of rotatable bonds is 4. The van der Waals surface area contributed by atoms with Crippen LogP contribution in [0.4, 0.5) is 17.6 Å². The van der Waals surface area contributed by atoms with E-state index in [2.05, 4.69) is 0 Å². The predicted octanol–water partition coefficient (Wildman–Crippen LogP) is 3.88. The molecule has 0 saturated heterocycles. The molecule has 2 aromatic carbocycles. The molecule has 0 aliphatic rings. The molecule has 2 rings (SSSR count). The van der Waals surface area contributed by atoms with Gasteiger partial charge in [-0.2, -0.15) is 0 Å². The molecule has 0 aliphatic heterocycles. The highest BCUT2D eigenvalue weighted by atomic mass is 19.2. The second-order valence-corrected chi connectivity index (χ2v) is 4.66. The van der Waals surface area contributed by atoms with Gasteiger partial charge in [0.05, 0.1) is 0 Å². The van der Waals surface area contributed by atoms with E-state index in [0.717, 1.165) is 18.2 Å². The van der Waals surface area contributed by atoms with E-state index < -0.39 is 23.3 Å². The molecule has 0 amide bonds. The third-order valence-corrected chi connectivity index (χ3v) is 2.89. The van der Waals surface area contributed by atoms with E-state index in [0.29, 0.717) is 17.7 Å². The molecule has 0 radical (unpaired) electrons. The molecule has 20 heavy (non-hydrogen) atoms. The molecule has 1 nitrogen and oxygen atoms in total. The Labute approximate surface area is 114 Å². The highest BCUT2D eigenvalue weighted by molar-refractivity contribution is 5.20. The van der Waals surface area contributed by atoms with E-state index in [1.54, 1.807) is 11.9 Å². The summed E-state index contributed by atoms with van der Waals surface area (Å²) in [6.07, 6.45) is 0. The van der Waals surface area contributed by atoms with Crippen LogP contribution in [0.1, 0.15) is 11.1 Å². The lowest BCUT2D eigenvalue weighted by Crippen LogP contribution is -2.18. The molecule has 0 spiro atoms. The van der Waals surface area contributed by atoms with E-state index in [9.17, 15) is 17.6 Å². The van der Waals surface area contributed by atoms with Crippen molar-refractivity contribution >= 4 is 0 Å². The summed E-state index contributed by atoms with van der Waals surface area (Å²) in [7, 11) is 1.71. The molecule has 5 heteroatoms. The molecule has 0 aliphatic carbocycles. The minimum Gasteiger partial charge on any atom is -0.298 e. The summed E-state index contributed by atoms with van der Waals surface area (Å²) in [5.74, 6) is -3.07. The van der Waals surface area contributed by atoms with E-state index in [1.165, 1.54) is 18.2 Å². The van der Waals surface area contributed by atoms with Gasteiger partial charge in [-0.15, -0.1) is 0 Å². The van der Waals surface area contributed by atoms with Gasteiger partial charge in [0.1, 0.15) is 11.6 Å². The van der Waals surface area contributed by atoms with Gasteiger partial charge in [0.25, 0.3) is 0 Å². The Morgan fingerprint density at radius 2 is 1.55 bits per heavy atom. The molecule has 0 aromatic heterocycles. The van der Waals surface area contributed by atoms with Crippen molar-refractivity contribution in [1.29, 1.82) is 0 Å². The summed E-state index contributed by atoms with van der Waals surface area (Å²) in [5.41, 5.74) is 0.922. The number of nitrogens with zero attached hydrogens (tertiary/aromatic N) is 1. The Morgan fingerprint density at radius 3 is 2.20 bits per heavy atom. The number of halogens is 4. The second-order valence-electron chi connectivity index (χ2n) is 4.66. The highest BCUT2D eigenvalue weighted by Crippen LogP contribution is 2.14. The fraction of sp³-hybridized carbons (Fsp3) is 0.200. The molecule has 106 valence electrons. The lowest BCUT2D eigenvalue weighted by atomic mass is 10.1.